The van der Waals surface area contributed by atoms with E-state index in [4.69, 9.17) is 0 Å². The number of halogens is 1. The largest absolute Gasteiger partial charge is 0.298 e. The summed E-state index contributed by atoms with van der Waals surface area (Å²) in [6, 6.07) is 14.3. The molecule has 2 aromatic carbocycles. The molecule has 0 aliphatic carbocycles. The van der Waals surface area contributed by atoms with Crippen LogP contribution in [-0.4, -0.2) is 20.7 Å². The number of anilines is 1. The third kappa shape index (κ3) is 4.09. The first kappa shape index (κ1) is 19.0. The van der Waals surface area contributed by atoms with Crippen LogP contribution in [0.1, 0.15) is 32.1 Å². The van der Waals surface area contributed by atoms with Crippen LogP contribution < -0.4 is 5.32 Å². The van der Waals surface area contributed by atoms with E-state index in [0.717, 1.165) is 27.4 Å². The van der Waals surface area contributed by atoms with Gasteiger partial charge in [0.1, 0.15) is 5.82 Å². The van der Waals surface area contributed by atoms with E-state index in [1.165, 1.54) is 23.5 Å². The predicted octanol–water partition coefficient (Wildman–Crippen LogP) is 4.93. The Morgan fingerprint density at radius 2 is 1.86 bits per heavy atom. The lowest BCUT2D eigenvalue weighted by Gasteiger charge is -2.08. The number of nitrogens with one attached hydrogen (secondary N) is 1. The maximum atomic E-state index is 13.0. The fourth-order valence-electron chi connectivity index (χ4n) is 3.09. The van der Waals surface area contributed by atoms with Gasteiger partial charge in [0.2, 0.25) is 0 Å². The number of amides is 1. The van der Waals surface area contributed by atoms with E-state index < -0.39 is 0 Å². The van der Waals surface area contributed by atoms with Crippen molar-refractivity contribution in [3.8, 4) is 5.69 Å². The molecule has 0 aliphatic heterocycles. The molecule has 2 aromatic heterocycles. The van der Waals surface area contributed by atoms with E-state index in [1.807, 2.05) is 38.1 Å². The van der Waals surface area contributed by atoms with Crippen molar-refractivity contribution in [1.29, 1.82) is 0 Å². The van der Waals surface area contributed by atoms with Gasteiger partial charge in [0, 0.05) is 17.5 Å². The van der Waals surface area contributed by atoms with Crippen molar-refractivity contribution in [3.63, 3.8) is 0 Å². The van der Waals surface area contributed by atoms with Crippen LogP contribution in [0.2, 0.25) is 0 Å². The zero-order valence-electron chi connectivity index (χ0n) is 16.0. The second-order valence-corrected chi connectivity index (χ2v) is 7.85. The summed E-state index contributed by atoms with van der Waals surface area (Å²) in [5.74, 6) is -0.502. The Labute approximate surface area is 171 Å². The van der Waals surface area contributed by atoms with Gasteiger partial charge in [0.05, 0.1) is 23.1 Å². The second-order valence-electron chi connectivity index (χ2n) is 6.73. The number of aryl methyl sites for hydroxylation is 1. The number of aromatic nitrogens is 3. The van der Waals surface area contributed by atoms with Crippen molar-refractivity contribution in [2.45, 2.75) is 20.3 Å². The van der Waals surface area contributed by atoms with Gasteiger partial charge in [-0.2, -0.15) is 5.10 Å². The molecule has 29 heavy (non-hydrogen) atoms. The van der Waals surface area contributed by atoms with Crippen LogP contribution in [0, 0.1) is 19.7 Å². The van der Waals surface area contributed by atoms with E-state index in [-0.39, 0.29) is 11.7 Å². The molecule has 0 aliphatic rings. The number of carbonyl (C=O) groups is 1. The monoisotopic (exact) mass is 406 g/mol. The van der Waals surface area contributed by atoms with Crippen molar-refractivity contribution in [2.24, 2.45) is 0 Å². The summed E-state index contributed by atoms with van der Waals surface area (Å²) in [5, 5.41) is 7.76. The lowest BCUT2D eigenvalue weighted by Crippen LogP contribution is -2.13. The maximum Gasteiger partial charge on any atom is 0.260 e. The quantitative estimate of drug-likeness (QED) is 0.511. The smallest absolute Gasteiger partial charge is 0.260 e. The summed E-state index contributed by atoms with van der Waals surface area (Å²) < 4.78 is 14.8. The highest BCUT2D eigenvalue weighted by atomic mass is 32.1. The third-order valence-electron chi connectivity index (χ3n) is 4.66. The zero-order valence-corrected chi connectivity index (χ0v) is 16.8. The zero-order chi connectivity index (χ0) is 20.4. The Kier molecular flexibility index (Phi) is 5.22. The fourth-order valence-corrected chi connectivity index (χ4v) is 3.93. The summed E-state index contributed by atoms with van der Waals surface area (Å²) >= 11 is 1.40. The van der Waals surface area contributed by atoms with Gasteiger partial charge in [-0.3, -0.25) is 10.1 Å². The molecule has 1 N–H and O–H groups in total. The average Bonchev–Trinajstić information content (AvgIpc) is 3.30. The molecule has 5 nitrogen and oxygen atoms in total. The maximum absolute atomic E-state index is 13.0. The minimum absolute atomic E-state index is 0.245. The van der Waals surface area contributed by atoms with Crippen molar-refractivity contribution in [2.75, 3.05) is 5.32 Å². The van der Waals surface area contributed by atoms with Gasteiger partial charge in [-0.25, -0.2) is 14.1 Å². The molecule has 2 heterocycles. The number of hydrogen-bond acceptors (Lipinski definition) is 4. The molecule has 0 fully saturated rings. The number of benzene rings is 2. The first-order chi connectivity index (χ1) is 14.0. The molecule has 4 aromatic rings. The summed E-state index contributed by atoms with van der Waals surface area (Å²) in [4.78, 5) is 18.0. The van der Waals surface area contributed by atoms with Crippen LogP contribution >= 0.6 is 11.3 Å². The molecule has 7 heteroatoms. The number of para-hydroxylation sites is 1. The van der Waals surface area contributed by atoms with Crippen molar-refractivity contribution in [3.05, 3.63) is 94.0 Å². The number of rotatable bonds is 5. The van der Waals surface area contributed by atoms with Gasteiger partial charge in [0.25, 0.3) is 5.91 Å². The molecule has 0 saturated carbocycles. The van der Waals surface area contributed by atoms with Crippen LogP contribution in [-0.2, 0) is 6.42 Å². The molecule has 0 bridgehead atoms. The minimum Gasteiger partial charge on any atom is -0.298 e. The van der Waals surface area contributed by atoms with E-state index in [2.05, 4.69) is 15.4 Å². The van der Waals surface area contributed by atoms with E-state index >= 15 is 0 Å². The average molecular weight is 406 g/mol. The van der Waals surface area contributed by atoms with Gasteiger partial charge >= 0.3 is 0 Å². The highest BCUT2D eigenvalue weighted by molar-refractivity contribution is 7.15. The fraction of sp³-hybridized carbons (Fsp3) is 0.136. The minimum atomic E-state index is -0.257. The summed E-state index contributed by atoms with van der Waals surface area (Å²) in [7, 11) is 0. The van der Waals surface area contributed by atoms with Crippen LogP contribution in [0.4, 0.5) is 9.52 Å². The molecule has 0 saturated heterocycles. The molecule has 0 radical (unpaired) electrons. The molecule has 146 valence electrons. The van der Waals surface area contributed by atoms with Crippen molar-refractivity contribution in [1.82, 2.24) is 14.8 Å². The van der Waals surface area contributed by atoms with Crippen LogP contribution in [0.3, 0.4) is 0 Å². The van der Waals surface area contributed by atoms with Crippen molar-refractivity contribution < 1.29 is 9.18 Å². The molecule has 1 amide bonds. The Balaban J connectivity index is 1.48. The van der Waals surface area contributed by atoms with Gasteiger partial charge < -0.3 is 0 Å². The number of carbonyl (C=O) groups excluding carboxylic acids is 1. The molecular formula is C22H19FN4OS. The normalized spacial score (nSPS) is 10.9. The lowest BCUT2D eigenvalue weighted by atomic mass is 10.1. The third-order valence-corrected chi connectivity index (χ3v) is 5.58. The Morgan fingerprint density at radius 3 is 2.62 bits per heavy atom. The summed E-state index contributed by atoms with van der Waals surface area (Å²) in [5.41, 5.74) is 4.28. The molecule has 0 atom stereocenters. The Hall–Kier alpha value is -3.32. The van der Waals surface area contributed by atoms with Crippen LogP contribution in [0.15, 0.2) is 60.9 Å². The topological polar surface area (TPSA) is 59.8 Å². The number of nitrogens with zero attached hydrogens (tertiary/aromatic N) is 3. The molecule has 0 unspecified atom stereocenters. The standard InChI is InChI=1S/C22H19FN4OS/c1-14-5-3-4-6-20(14)27-15(2)19(13-25-27)21(28)26-22-24-12-18(29-22)11-16-7-9-17(23)10-8-16/h3-10,12-13H,11H2,1-2H3,(H,24,26,28). The van der Waals surface area contributed by atoms with Gasteiger partial charge in [0.15, 0.2) is 5.13 Å². The molecule has 4 rings (SSSR count). The van der Waals surface area contributed by atoms with E-state index in [1.54, 1.807) is 29.2 Å². The van der Waals surface area contributed by atoms with Gasteiger partial charge in [-0.05, 0) is 43.2 Å². The van der Waals surface area contributed by atoms with E-state index in [0.29, 0.717) is 17.1 Å². The summed E-state index contributed by atoms with van der Waals surface area (Å²) in [6.07, 6.45) is 3.94. The summed E-state index contributed by atoms with van der Waals surface area (Å²) in [6.45, 7) is 3.88. The number of hydrogen-bond donors (Lipinski definition) is 1. The van der Waals surface area contributed by atoms with Crippen molar-refractivity contribution >= 4 is 22.4 Å². The number of thiazole rings is 1. The highest BCUT2D eigenvalue weighted by Gasteiger charge is 2.17. The van der Waals surface area contributed by atoms with Gasteiger partial charge in [-0.1, -0.05) is 30.3 Å². The first-order valence-electron chi connectivity index (χ1n) is 9.12. The van der Waals surface area contributed by atoms with E-state index in [9.17, 15) is 9.18 Å². The highest BCUT2D eigenvalue weighted by Crippen LogP contribution is 2.23. The Morgan fingerprint density at radius 1 is 1.10 bits per heavy atom. The molecular weight excluding hydrogens is 387 g/mol. The van der Waals surface area contributed by atoms with Gasteiger partial charge in [-0.15, -0.1) is 11.3 Å². The first-order valence-corrected chi connectivity index (χ1v) is 9.94. The van der Waals surface area contributed by atoms with Crippen LogP contribution in [0.25, 0.3) is 5.69 Å². The molecule has 0 spiro atoms. The lowest BCUT2D eigenvalue weighted by molar-refractivity contribution is 0.102. The SMILES string of the molecule is Cc1ccccc1-n1ncc(C(=O)Nc2ncc(Cc3ccc(F)cc3)s2)c1C. The van der Waals surface area contributed by atoms with Crippen LogP contribution in [0.5, 0.6) is 0 Å². The predicted molar refractivity (Wildman–Crippen MR) is 112 cm³/mol. The Bertz CT molecular complexity index is 1160. The second kappa shape index (κ2) is 7.97.